The summed E-state index contributed by atoms with van der Waals surface area (Å²) in [4.78, 5) is 1.85. The van der Waals surface area contributed by atoms with E-state index in [4.69, 9.17) is 11.6 Å². The van der Waals surface area contributed by atoms with Gasteiger partial charge < -0.3 is 0 Å². The van der Waals surface area contributed by atoms with E-state index >= 15 is 0 Å². The third-order valence-corrected chi connectivity index (χ3v) is 4.94. The van der Waals surface area contributed by atoms with Crippen LogP contribution in [0.15, 0.2) is 28.7 Å². The van der Waals surface area contributed by atoms with E-state index in [0.717, 1.165) is 20.3 Å². The van der Waals surface area contributed by atoms with Gasteiger partial charge in [0, 0.05) is 19.8 Å². The standard InChI is InChI=1S/C12H8BrClF2S/c1-6-5-8(13)12(17-6)10(14)7-3-2-4-9(15)11(7)16/h2-5,10H,1H3. The van der Waals surface area contributed by atoms with Gasteiger partial charge in [-0.2, -0.15) is 0 Å². The Morgan fingerprint density at radius 1 is 1.35 bits per heavy atom. The highest BCUT2D eigenvalue weighted by Crippen LogP contribution is 2.40. The van der Waals surface area contributed by atoms with Gasteiger partial charge in [0.25, 0.3) is 0 Å². The minimum Gasteiger partial charge on any atom is -0.204 e. The van der Waals surface area contributed by atoms with Crippen molar-refractivity contribution < 1.29 is 8.78 Å². The van der Waals surface area contributed by atoms with E-state index in [0.29, 0.717) is 0 Å². The molecule has 0 spiro atoms. The fraction of sp³-hybridized carbons (Fsp3) is 0.167. The summed E-state index contributed by atoms with van der Waals surface area (Å²) in [6.07, 6.45) is 0. The van der Waals surface area contributed by atoms with Gasteiger partial charge >= 0.3 is 0 Å². The van der Waals surface area contributed by atoms with Crippen LogP contribution < -0.4 is 0 Å². The number of rotatable bonds is 2. The number of hydrogen-bond donors (Lipinski definition) is 0. The van der Waals surface area contributed by atoms with Crippen molar-refractivity contribution in [1.29, 1.82) is 0 Å². The Kier molecular flexibility index (Phi) is 3.85. The number of thiophene rings is 1. The quantitative estimate of drug-likeness (QED) is 0.641. The average molecular weight is 338 g/mol. The first-order chi connectivity index (χ1) is 8.00. The summed E-state index contributed by atoms with van der Waals surface area (Å²) < 4.78 is 27.5. The highest BCUT2D eigenvalue weighted by atomic mass is 79.9. The summed E-state index contributed by atoms with van der Waals surface area (Å²) in [5.41, 5.74) is 0.161. The summed E-state index contributed by atoms with van der Waals surface area (Å²) in [5, 5.41) is -0.682. The smallest absolute Gasteiger partial charge is 0.163 e. The molecule has 2 aromatic rings. The van der Waals surface area contributed by atoms with Gasteiger partial charge in [0.1, 0.15) is 0 Å². The molecule has 2 rings (SSSR count). The zero-order chi connectivity index (χ0) is 12.6. The summed E-state index contributed by atoms with van der Waals surface area (Å²) in [6.45, 7) is 1.93. The Morgan fingerprint density at radius 3 is 2.65 bits per heavy atom. The molecule has 0 saturated carbocycles. The molecule has 0 saturated heterocycles. The number of hydrogen-bond acceptors (Lipinski definition) is 1. The Bertz CT molecular complexity index is 553. The lowest BCUT2D eigenvalue weighted by Gasteiger charge is -2.10. The summed E-state index contributed by atoms with van der Waals surface area (Å²) in [7, 11) is 0. The third kappa shape index (κ3) is 2.54. The van der Waals surface area contributed by atoms with Crippen LogP contribution in [-0.2, 0) is 0 Å². The van der Waals surface area contributed by atoms with Gasteiger partial charge in [-0.15, -0.1) is 22.9 Å². The molecule has 0 N–H and O–H groups in total. The molecule has 0 aliphatic rings. The van der Waals surface area contributed by atoms with Crippen molar-refractivity contribution in [2.24, 2.45) is 0 Å². The van der Waals surface area contributed by atoms with E-state index in [9.17, 15) is 8.78 Å². The highest BCUT2D eigenvalue weighted by Gasteiger charge is 2.21. The Balaban J connectivity index is 2.47. The maximum Gasteiger partial charge on any atom is 0.163 e. The van der Waals surface area contributed by atoms with E-state index in [-0.39, 0.29) is 5.56 Å². The molecular weight excluding hydrogens is 330 g/mol. The van der Waals surface area contributed by atoms with Crippen molar-refractivity contribution in [3.05, 3.63) is 55.7 Å². The largest absolute Gasteiger partial charge is 0.204 e. The molecule has 1 atom stereocenters. The summed E-state index contributed by atoms with van der Waals surface area (Å²) in [6, 6.07) is 5.94. The summed E-state index contributed by atoms with van der Waals surface area (Å²) in [5.74, 6) is -1.76. The minimum atomic E-state index is -0.884. The predicted octanol–water partition coefficient (Wildman–Crippen LogP) is 5.43. The molecule has 0 amide bonds. The molecule has 0 nitrogen and oxygen atoms in total. The normalized spacial score (nSPS) is 12.8. The molecule has 90 valence electrons. The molecular formula is C12H8BrClF2S. The second-order valence-electron chi connectivity index (χ2n) is 3.57. The molecule has 0 bridgehead atoms. The van der Waals surface area contributed by atoms with Gasteiger partial charge in [-0.1, -0.05) is 12.1 Å². The van der Waals surface area contributed by atoms with Crippen molar-refractivity contribution in [3.8, 4) is 0 Å². The van der Waals surface area contributed by atoms with E-state index in [2.05, 4.69) is 15.9 Å². The SMILES string of the molecule is Cc1cc(Br)c(C(Cl)c2cccc(F)c2F)s1. The molecule has 1 unspecified atom stereocenters. The first-order valence-electron chi connectivity index (χ1n) is 4.84. The summed E-state index contributed by atoms with van der Waals surface area (Å²) >= 11 is 11.0. The maximum absolute atomic E-state index is 13.6. The van der Waals surface area contributed by atoms with Crippen LogP contribution in [0.2, 0.25) is 0 Å². The van der Waals surface area contributed by atoms with Crippen LogP contribution >= 0.6 is 38.9 Å². The molecule has 0 radical (unpaired) electrons. The molecule has 1 heterocycles. The Morgan fingerprint density at radius 2 is 2.06 bits per heavy atom. The molecule has 17 heavy (non-hydrogen) atoms. The predicted molar refractivity (Wildman–Crippen MR) is 70.8 cm³/mol. The zero-order valence-electron chi connectivity index (χ0n) is 8.81. The van der Waals surface area contributed by atoms with Crippen LogP contribution in [0.3, 0.4) is 0 Å². The Labute approximate surface area is 115 Å². The van der Waals surface area contributed by atoms with Crippen LogP contribution in [0.5, 0.6) is 0 Å². The number of benzene rings is 1. The molecule has 0 aliphatic heterocycles. The molecule has 0 fully saturated rings. The zero-order valence-corrected chi connectivity index (χ0v) is 12.0. The van der Waals surface area contributed by atoms with Crippen molar-refractivity contribution in [2.75, 3.05) is 0 Å². The van der Waals surface area contributed by atoms with Gasteiger partial charge in [-0.3, -0.25) is 0 Å². The number of aryl methyl sites for hydroxylation is 1. The average Bonchev–Trinajstić information content (AvgIpc) is 2.61. The lowest BCUT2D eigenvalue weighted by molar-refractivity contribution is 0.500. The van der Waals surface area contributed by atoms with Crippen LogP contribution in [0, 0.1) is 18.6 Å². The van der Waals surface area contributed by atoms with Gasteiger partial charge in [0.2, 0.25) is 0 Å². The highest BCUT2D eigenvalue weighted by molar-refractivity contribution is 9.10. The molecule has 5 heteroatoms. The number of alkyl halides is 1. The molecule has 1 aromatic carbocycles. The van der Waals surface area contributed by atoms with Crippen LogP contribution in [0.1, 0.15) is 20.7 Å². The lowest BCUT2D eigenvalue weighted by atomic mass is 10.1. The van der Waals surface area contributed by atoms with E-state index in [1.807, 2.05) is 13.0 Å². The van der Waals surface area contributed by atoms with Gasteiger partial charge in [0.15, 0.2) is 11.6 Å². The van der Waals surface area contributed by atoms with Crippen LogP contribution in [0.4, 0.5) is 8.78 Å². The second kappa shape index (κ2) is 5.04. The third-order valence-electron chi connectivity index (χ3n) is 2.32. The second-order valence-corrected chi connectivity index (χ2v) is 6.15. The molecule has 1 aromatic heterocycles. The van der Waals surface area contributed by atoms with Crippen LogP contribution in [0.25, 0.3) is 0 Å². The van der Waals surface area contributed by atoms with Gasteiger partial charge in [-0.05, 0) is 35.0 Å². The Hall–Kier alpha value is -0.450. The van der Waals surface area contributed by atoms with E-state index in [1.165, 1.54) is 23.5 Å². The van der Waals surface area contributed by atoms with Gasteiger partial charge in [-0.25, -0.2) is 8.78 Å². The fourth-order valence-corrected chi connectivity index (χ4v) is 3.96. The van der Waals surface area contributed by atoms with Gasteiger partial charge in [0.05, 0.1) is 5.38 Å². The van der Waals surface area contributed by atoms with E-state index in [1.54, 1.807) is 0 Å². The first-order valence-corrected chi connectivity index (χ1v) is 6.89. The minimum absolute atomic E-state index is 0.161. The van der Waals surface area contributed by atoms with Crippen LogP contribution in [-0.4, -0.2) is 0 Å². The van der Waals surface area contributed by atoms with Crippen molar-refractivity contribution in [3.63, 3.8) is 0 Å². The maximum atomic E-state index is 13.6. The van der Waals surface area contributed by atoms with E-state index < -0.39 is 17.0 Å². The van der Waals surface area contributed by atoms with Crippen molar-refractivity contribution >= 4 is 38.9 Å². The number of halogens is 4. The first kappa shape index (κ1) is 13.0. The molecule has 0 aliphatic carbocycles. The lowest BCUT2D eigenvalue weighted by Crippen LogP contribution is -1.98. The monoisotopic (exact) mass is 336 g/mol. The van der Waals surface area contributed by atoms with Crippen molar-refractivity contribution in [1.82, 2.24) is 0 Å². The van der Waals surface area contributed by atoms with Crippen molar-refractivity contribution in [2.45, 2.75) is 12.3 Å². The fourth-order valence-electron chi connectivity index (χ4n) is 1.53. The topological polar surface area (TPSA) is 0 Å².